The third kappa shape index (κ3) is 3.47. The summed E-state index contributed by atoms with van der Waals surface area (Å²) in [4.78, 5) is 12.4. The van der Waals surface area contributed by atoms with Crippen LogP contribution in [0.25, 0.3) is 0 Å². The Morgan fingerprint density at radius 1 is 0.773 bits per heavy atom. The molecule has 0 aromatic rings. The molecule has 2 aliphatic heterocycles. The molecule has 0 aromatic heterocycles. The van der Waals surface area contributed by atoms with Crippen molar-refractivity contribution in [1.29, 1.82) is 0 Å². The van der Waals surface area contributed by atoms with Gasteiger partial charge < -0.3 is 40.1 Å². The Kier molecular flexibility index (Phi) is 5.86. The van der Waals surface area contributed by atoms with E-state index < -0.39 is 67.8 Å². The van der Waals surface area contributed by atoms with E-state index in [9.17, 15) is 25.2 Å². The van der Waals surface area contributed by atoms with Crippen LogP contribution in [0.1, 0.15) is 12.8 Å². The predicted octanol–water partition coefficient (Wildman–Crippen LogP) is -3.70. The minimum absolute atomic E-state index is 0.156. The number of rotatable bonds is 4. The Morgan fingerprint density at radius 2 is 1.14 bits per heavy atom. The van der Waals surface area contributed by atoms with Gasteiger partial charge in [-0.1, -0.05) is 0 Å². The van der Waals surface area contributed by atoms with E-state index in [1.807, 2.05) is 0 Å². The summed E-state index contributed by atoms with van der Waals surface area (Å²) in [5.41, 5.74) is 0. The van der Waals surface area contributed by atoms with E-state index in [1.54, 1.807) is 0 Å². The van der Waals surface area contributed by atoms with E-state index in [0.717, 1.165) is 0 Å². The summed E-state index contributed by atoms with van der Waals surface area (Å²) in [5.74, 6) is -0.754. The highest BCUT2D eigenvalue weighted by Crippen LogP contribution is 2.27. The SMILES string of the molecule is O=C(C1O[C@H](CO)[C@@H](O)C[C@H]1O)C1O[C@H](CO)[C@@H](O)C[C@H]1O. The summed E-state index contributed by atoms with van der Waals surface area (Å²) in [6.07, 6.45) is -9.89. The number of ether oxygens (including phenoxy) is 2. The average Bonchev–Trinajstić information content (AvgIpc) is 2.47. The first-order valence-corrected chi connectivity index (χ1v) is 7.17. The molecule has 2 unspecified atom stereocenters. The highest BCUT2D eigenvalue weighted by molar-refractivity contribution is 5.88. The van der Waals surface area contributed by atoms with Crippen LogP contribution in [-0.2, 0) is 14.3 Å². The van der Waals surface area contributed by atoms with Crippen LogP contribution in [-0.4, -0.2) is 98.5 Å². The summed E-state index contributed by atoms with van der Waals surface area (Å²) in [6.45, 7) is -1.05. The lowest BCUT2D eigenvalue weighted by Gasteiger charge is -2.40. The molecule has 0 amide bonds. The third-order valence-corrected chi connectivity index (χ3v) is 4.09. The van der Waals surface area contributed by atoms with Crippen molar-refractivity contribution in [1.82, 2.24) is 0 Å². The fourth-order valence-corrected chi connectivity index (χ4v) is 2.79. The number of aliphatic hydroxyl groups is 6. The van der Waals surface area contributed by atoms with E-state index in [0.29, 0.717) is 0 Å². The standard InChI is InChI=1S/C13H22O9/c14-3-9-5(16)1-7(18)12(21-9)11(20)13-8(19)2-6(17)10(4-15)22-13/h5-10,12-19H,1-4H2/t5-,6-,7+,8+,9+,10+,12?,13?/m0/s1. The van der Waals surface area contributed by atoms with Crippen molar-refractivity contribution in [2.24, 2.45) is 0 Å². The third-order valence-electron chi connectivity index (χ3n) is 4.09. The molecule has 22 heavy (non-hydrogen) atoms. The van der Waals surface area contributed by atoms with Crippen molar-refractivity contribution >= 4 is 5.78 Å². The molecule has 2 rings (SSSR count). The van der Waals surface area contributed by atoms with Gasteiger partial charge >= 0.3 is 0 Å². The number of carbonyl (C=O) groups excluding carboxylic acids is 1. The molecule has 0 aromatic carbocycles. The largest absolute Gasteiger partial charge is 0.394 e. The fourth-order valence-electron chi connectivity index (χ4n) is 2.79. The lowest BCUT2D eigenvalue weighted by atomic mass is 9.89. The average molecular weight is 322 g/mol. The van der Waals surface area contributed by atoms with Crippen LogP contribution in [0, 0.1) is 0 Å². The first-order chi connectivity index (χ1) is 10.4. The van der Waals surface area contributed by atoms with Crippen LogP contribution in [0.2, 0.25) is 0 Å². The van der Waals surface area contributed by atoms with Gasteiger partial charge in [0.15, 0.2) is 5.78 Å². The van der Waals surface area contributed by atoms with E-state index in [1.165, 1.54) is 0 Å². The molecule has 128 valence electrons. The number of Topliss-reactive ketones (excluding diaryl/α,β-unsaturated/α-hetero) is 1. The van der Waals surface area contributed by atoms with Crippen molar-refractivity contribution in [3.8, 4) is 0 Å². The van der Waals surface area contributed by atoms with Gasteiger partial charge in [0.2, 0.25) is 0 Å². The summed E-state index contributed by atoms with van der Waals surface area (Å²) in [5, 5.41) is 57.2. The van der Waals surface area contributed by atoms with Gasteiger partial charge in [0.05, 0.1) is 37.6 Å². The zero-order valence-corrected chi connectivity index (χ0v) is 11.9. The van der Waals surface area contributed by atoms with Crippen LogP contribution < -0.4 is 0 Å². The molecule has 2 saturated heterocycles. The van der Waals surface area contributed by atoms with Crippen molar-refractivity contribution in [2.75, 3.05) is 13.2 Å². The van der Waals surface area contributed by atoms with Gasteiger partial charge in [-0.05, 0) is 0 Å². The molecule has 8 atom stereocenters. The Hall–Kier alpha value is -0.650. The van der Waals surface area contributed by atoms with Crippen molar-refractivity contribution < 1.29 is 44.9 Å². The van der Waals surface area contributed by atoms with Gasteiger partial charge in [-0.25, -0.2) is 0 Å². The van der Waals surface area contributed by atoms with Gasteiger partial charge in [0, 0.05) is 12.8 Å². The Morgan fingerprint density at radius 3 is 1.45 bits per heavy atom. The second-order valence-electron chi connectivity index (χ2n) is 5.70. The van der Waals surface area contributed by atoms with E-state index in [4.69, 9.17) is 19.7 Å². The van der Waals surface area contributed by atoms with Gasteiger partial charge in [0.25, 0.3) is 0 Å². The lowest BCUT2D eigenvalue weighted by Crippen LogP contribution is -2.59. The maximum Gasteiger partial charge on any atom is 0.195 e. The molecule has 9 nitrogen and oxygen atoms in total. The molecule has 2 heterocycles. The normalized spacial score (nSPS) is 46.5. The van der Waals surface area contributed by atoms with Gasteiger partial charge in [0.1, 0.15) is 24.4 Å². The van der Waals surface area contributed by atoms with Crippen molar-refractivity contribution in [2.45, 2.75) is 61.7 Å². The number of ketones is 1. The first kappa shape index (κ1) is 17.7. The van der Waals surface area contributed by atoms with Crippen LogP contribution >= 0.6 is 0 Å². The predicted molar refractivity (Wildman–Crippen MR) is 69.8 cm³/mol. The topological polar surface area (TPSA) is 157 Å². The molecular weight excluding hydrogens is 300 g/mol. The summed E-state index contributed by atoms with van der Waals surface area (Å²) >= 11 is 0. The number of aliphatic hydroxyl groups excluding tert-OH is 6. The fraction of sp³-hybridized carbons (Fsp3) is 0.923. The van der Waals surface area contributed by atoms with Crippen molar-refractivity contribution in [3.05, 3.63) is 0 Å². The van der Waals surface area contributed by atoms with E-state index in [-0.39, 0.29) is 12.8 Å². The van der Waals surface area contributed by atoms with Gasteiger partial charge in [-0.15, -0.1) is 0 Å². The monoisotopic (exact) mass is 322 g/mol. The number of carbonyl (C=O) groups is 1. The van der Waals surface area contributed by atoms with Gasteiger partial charge in [-0.3, -0.25) is 4.79 Å². The maximum absolute atomic E-state index is 12.4. The minimum Gasteiger partial charge on any atom is -0.394 e. The maximum atomic E-state index is 12.4. The second-order valence-corrected chi connectivity index (χ2v) is 5.70. The smallest absolute Gasteiger partial charge is 0.195 e. The molecular formula is C13H22O9. The summed E-state index contributed by atoms with van der Waals surface area (Å²) in [7, 11) is 0. The molecule has 0 aliphatic carbocycles. The molecule has 0 bridgehead atoms. The molecule has 6 N–H and O–H groups in total. The highest BCUT2D eigenvalue weighted by atomic mass is 16.6. The molecule has 2 aliphatic rings. The zero-order chi connectivity index (χ0) is 16.4. The van der Waals surface area contributed by atoms with E-state index >= 15 is 0 Å². The lowest BCUT2D eigenvalue weighted by molar-refractivity contribution is -0.213. The summed E-state index contributed by atoms with van der Waals surface area (Å²) < 4.78 is 10.4. The van der Waals surface area contributed by atoms with Crippen LogP contribution in [0.3, 0.4) is 0 Å². The Bertz CT molecular complexity index is 356. The van der Waals surface area contributed by atoms with Crippen molar-refractivity contribution in [3.63, 3.8) is 0 Å². The van der Waals surface area contributed by atoms with E-state index in [2.05, 4.69) is 0 Å². The number of hydrogen-bond donors (Lipinski definition) is 6. The van der Waals surface area contributed by atoms with Gasteiger partial charge in [-0.2, -0.15) is 0 Å². The molecule has 0 spiro atoms. The summed E-state index contributed by atoms with van der Waals surface area (Å²) in [6, 6.07) is 0. The second kappa shape index (κ2) is 7.28. The number of hydrogen-bond acceptors (Lipinski definition) is 9. The molecule has 9 heteroatoms. The zero-order valence-electron chi connectivity index (χ0n) is 11.9. The van der Waals surface area contributed by atoms with Crippen LogP contribution in [0.15, 0.2) is 0 Å². The highest BCUT2D eigenvalue weighted by Gasteiger charge is 2.47. The first-order valence-electron chi connectivity index (χ1n) is 7.17. The molecule has 0 radical (unpaired) electrons. The minimum atomic E-state index is -1.37. The molecule has 2 fully saturated rings. The van der Waals surface area contributed by atoms with Crippen LogP contribution in [0.4, 0.5) is 0 Å². The van der Waals surface area contributed by atoms with Crippen LogP contribution in [0.5, 0.6) is 0 Å². The molecule has 0 saturated carbocycles. The Labute approximate surface area is 126 Å². The quantitative estimate of drug-likeness (QED) is 0.306. The Balaban J connectivity index is 2.09.